The number of rotatable bonds is 4. The van der Waals surface area contributed by atoms with E-state index in [4.69, 9.17) is 9.47 Å². The summed E-state index contributed by atoms with van der Waals surface area (Å²) < 4.78 is 11.5. The van der Waals surface area contributed by atoms with Crippen LogP contribution in [0.15, 0.2) is 22.7 Å². The highest BCUT2D eigenvalue weighted by Gasteiger charge is 2.16. The molecular formula is C13H17BrN2O3. The highest BCUT2D eigenvalue weighted by Crippen LogP contribution is 2.27. The fraction of sp³-hybridized carbons (Fsp3) is 0.462. The lowest BCUT2D eigenvalue weighted by Gasteiger charge is -2.13. The Morgan fingerprint density at radius 1 is 1.58 bits per heavy atom. The number of hydrogen-bond acceptors (Lipinski definition) is 3. The van der Waals surface area contributed by atoms with E-state index in [0.29, 0.717) is 18.0 Å². The molecule has 2 amide bonds. The van der Waals surface area contributed by atoms with Gasteiger partial charge in [-0.25, -0.2) is 4.79 Å². The molecule has 5 nitrogen and oxygen atoms in total. The van der Waals surface area contributed by atoms with Crippen molar-refractivity contribution >= 4 is 27.6 Å². The molecule has 0 bridgehead atoms. The largest absolute Gasteiger partial charge is 0.495 e. The zero-order valence-electron chi connectivity index (χ0n) is 10.7. The number of nitrogens with one attached hydrogen (secondary N) is 2. The molecule has 104 valence electrons. The van der Waals surface area contributed by atoms with E-state index in [0.717, 1.165) is 23.9 Å². The Labute approximate surface area is 120 Å². The van der Waals surface area contributed by atoms with Crippen LogP contribution < -0.4 is 15.4 Å². The normalized spacial score (nSPS) is 18.1. The maximum atomic E-state index is 11.8. The van der Waals surface area contributed by atoms with E-state index in [1.54, 1.807) is 19.2 Å². The van der Waals surface area contributed by atoms with E-state index in [2.05, 4.69) is 26.6 Å². The van der Waals surface area contributed by atoms with Crippen LogP contribution in [0.2, 0.25) is 0 Å². The third kappa shape index (κ3) is 4.11. The van der Waals surface area contributed by atoms with Gasteiger partial charge in [0.2, 0.25) is 0 Å². The predicted octanol–water partition coefficient (Wildman–Crippen LogP) is 2.76. The van der Waals surface area contributed by atoms with Gasteiger partial charge < -0.3 is 20.1 Å². The lowest BCUT2D eigenvalue weighted by molar-refractivity contribution is 0.112. The summed E-state index contributed by atoms with van der Waals surface area (Å²) in [4.78, 5) is 11.8. The molecule has 0 aliphatic carbocycles. The van der Waals surface area contributed by atoms with E-state index in [9.17, 15) is 4.79 Å². The molecule has 2 rings (SSSR count). The molecule has 1 heterocycles. The second-order valence-electron chi connectivity index (χ2n) is 4.31. The molecule has 0 radical (unpaired) electrons. The van der Waals surface area contributed by atoms with Crippen LogP contribution in [-0.4, -0.2) is 32.4 Å². The number of carbonyl (C=O) groups is 1. The zero-order chi connectivity index (χ0) is 13.7. The van der Waals surface area contributed by atoms with E-state index in [1.165, 1.54) is 0 Å². The number of anilines is 1. The molecule has 1 aromatic rings. The number of hydrogen-bond donors (Lipinski definition) is 2. The molecule has 0 aromatic heterocycles. The van der Waals surface area contributed by atoms with E-state index < -0.39 is 0 Å². The van der Waals surface area contributed by atoms with Gasteiger partial charge in [-0.2, -0.15) is 0 Å². The topological polar surface area (TPSA) is 59.6 Å². The summed E-state index contributed by atoms with van der Waals surface area (Å²) in [5.41, 5.74) is 0.627. The number of carbonyl (C=O) groups excluding carboxylic acids is 1. The predicted molar refractivity (Wildman–Crippen MR) is 76.7 cm³/mol. The van der Waals surface area contributed by atoms with Crippen molar-refractivity contribution in [1.82, 2.24) is 5.32 Å². The monoisotopic (exact) mass is 328 g/mol. The first-order chi connectivity index (χ1) is 9.19. The molecule has 0 spiro atoms. The maximum absolute atomic E-state index is 11.8. The minimum atomic E-state index is -0.257. The first kappa shape index (κ1) is 14.1. The number of amides is 2. The smallest absolute Gasteiger partial charge is 0.319 e. The summed E-state index contributed by atoms with van der Waals surface area (Å²) in [5.74, 6) is 0.621. The van der Waals surface area contributed by atoms with Gasteiger partial charge in [0, 0.05) is 17.6 Å². The summed E-state index contributed by atoms with van der Waals surface area (Å²) in [6.07, 6.45) is 2.20. The molecule has 1 aliphatic heterocycles. The Morgan fingerprint density at radius 2 is 2.42 bits per heavy atom. The first-order valence-electron chi connectivity index (χ1n) is 6.19. The Kier molecular flexibility index (Phi) is 5.04. The Hall–Kier alpha value is -1.27. The van der Waals surface area contributed by atoms with Crippen LogP contribution in [0, 0.1) is 0 Å². The average molecular weight is 329 g/mol. The van der Waals surface area contributed by atoms with Gasteiger partial charge in [0.1, 0.15) is 5.75 Å². The van der Waals surface area contributed by atoms with Crippen molar-refractivity contribution < 1.29 is 14.3 Å². The molecule has 1 saturated heterocycles. The van der Waals surface area contributed by atoms with Gasteiger partial charge in [0.25, 0.3) is 0 Å². The number of benzene rings is 1. The molecule has 19 heavy (non-hydrogen) atoms. The average Bonchev–Trinajstić information content (AvgIpc) is 2.90. The summed E-state index contributed by atoms with van der Waals surface area (Å²) >= 11 is 3.36. The van der Waals surface area contributed by atoms with Crippen LogP contribution in [-0.2, 0) is 4.74 Å². The van der Waals surface area contributed by atoms with E-state index >= 15 is 0 Å². The van der Waals surface area contributed by atoms with Gasteiger partial charge in [-0.3, -0.25) is 0 Å². The number of urea groups is 1. The Balaban J connectivity index is 1.88. The quantitative estimate of drug-likeness (QED) is 0.893. The van der Waals surface area contributed by atoms with Crippen molar-refractivity contribution in [3.63, 3.8) is 0 Å². The second-order valence-corrected chi connectivity index (χ2v) is 5.23. The summed E-state index contributed by atoms with van der Waals surface area (Å²) in [6.45, 7) is 1.32. The molecular weight excluding hydrogens is 312 g/mol. The second kappa shape index (κ2) is 6.77. The summed E-state index contributed by atoms with van der Waals surface area (Å²) in [7, 11) is 1.57. The third-order valence-corrected chi connectivity index (χ3v) is 3.42. The van der Waals surface area contributed by atoms with E-state index in [1.807, 2.05) is 6.07 Å². The van der Waals surface area contributed by atoms with Crippen molar-refractivity contribution in [2.45, 2.75) is 18.9 Å². The highest BCUT2D eigenvalue weighted by molar-refractivity contribution is 9.10. The van der Waals surface area contributed by atoms with E-state index in [-0.39, 0.29) is 12.1 Å². The minimum Gasteiger partial charge on any atom is -0.495 e. The van der Waals surface area contributed by atoms with Crippen molar-refractivity contribution in [1.29, 1.82) is 0 Å². The molecule has 1 atom stereocenters. The van der Waals surface area contributed by atoms with Crippen LogP contribution in [0.25, 0.3) is 0 Å². The summed E-state index contributed by atoms with van der Waals surface area (Å²) in [6, 6.07) is 5.19. The summed E-state index contributed by atoms with van der Waals surface area (Å²) in [5, 5.41) is 5.56. The van der Waals surface area contributed by atoms with Gasteiger partial charge >= 0.3 is 6.03 Å². The Morgan fingerprint density at radius 3 is 3.11 bits per heavy atom. The van der Waals surface area contributed by atoms with Crippen molar-refractivity contribution in [2.75, 3.05) is 25.6 Å². The Bertz CT molecular complexity index is 448. The third-order valence-electron chi connectivity index (χ3n) is 2.92. The van der Waals surface area contributed by atoms with Crippen LogP contribution in [0.3, 0.4) is 0 Å². The molecule has 0 saturated carbocycles. The van der Waals surface area contributed by atoms with Gasteiger partial charge in [0.05, 0.1) is 18.9 Å². The lowest BCUT2D eigenvalue weighted by Crippen LogP contribution is -2.35. The number of ether oxygens (including phenoxy) is 2. The van der Waals surface area contributed by atoms with Crippen molar-refractivity contribution in [2.24, 2.45) is 0 Å². The van der Waals surface area contributed by atoms with Crippen LogP contribution in [0.1, 0.15) is 12.8 Å². The molecule has 1 fully saturated rings. The first-order valence-corrected chi connectivity index (χ1v) is 6.98. The van der Waals surface area contributed by atoms with Gasteiger partial charge in [-0.15, -0.1) is 0 Å². The fourth-order valence-electron chi connectivity index (χ4n) is 1.96. The fourth-order valence-corrected chi connectivity index (χ4v) is 2.32. The van der Waals surface area contributed by atoms with Crippen LogP contribution >= 0.6 is 15.9 Å². The molecule has 1 unspecified atom stereocenters. The number of methoxy groups -OCH3 is 1. The van der Waals surface area contributed by atoms with Gasteiger partial charge in [0.15, 0.2) is 0 Å². The minimum absolute atomic E-state index is 0.134. The zero-order valence-corrected chi connectivity index (χ0v) is 12.3. The van der Waals surface area contributed by atoms with Crippen molar-refractivity contribution in [3.05, 3.63) is 22.7 Å². The highest BCUT2D eigenvalue weighted by atomic mass is 79.9. The van der Waals surface area contributed by atoms with Crippen molar-refractivity contribution in [3.8, 4) is 5.75 Å². The molecule has 1 aliphatic rings. The van der Waals surface area contributed by atoms with Gasteiger partial charge in [-0.05, 0) is 31.0 Å². The maximum Gasteiger partial charge on any atom is 0.319 e. The van der Waals surface area contributed by atoms with Gasteiger partial charge in [-0.1, -0.05) is 15.9 Å². The SMILES string of the molecule is COc1ccc(Br)cc1NC(=O)NCC1CCCO1. The molecule has 1 aromatic carbocycles. The van der Waals surface area contributed by atoms with Crippen LogP contribution in [0.4, 0.5) is 10.5 Å². The van der Waals surface area contributed by atoms with Crippen LogP contribution in [0.5, 0.6) is 5.75 Å². The lowest BCUT2D eigenvalue weighted by atomic mass is 10.2. The number of halogens is 1. The standard InChI is InChI=1S/C13H17BrN2O3/c1-18-12-5-4-9(14)7-11(12)16-13(17)15-8-10-3-2-6-19-10/h4-5,7,10H,2-3,6,8H2,1H3,(H2,15,16,17). The molecule has 6 heteroatoms. The molecule has 2 N–H and O–H groups in total.